The van der Waals surface area contributed by atoms with Crippen molar-refractivity contribution in [2.45, 2.75) is 45.1 Å². The van der Waals surface area contributed by atoms with Crippen molar-refractivity contribution in [1.29, 1.82) is 0 Å². The Morgan fingerprint density at radius 2 is 2.26 bits per heavy atom. The van der Waals surface area contributed by atoms with E-state index in [0.717, 1.165) is 11.6 Å². The molecule has 1 aromatic heterocycles. The molecule has 5 heteroatoms. The standard InChI is InChI=1S/C14H21Cl2N3/c1-2-9-4-3-5-10(6-9)13(19-17)14-12(16)7-11(15)8-18-14/h7-10,13,19H,2-6,17H2,1H3. The molecule has 0 amide bonds. The summed E-state index contributed by atoms with van der Waals surface area (Å²) in [6, 6.07) is 1.75. The van der Waals surface area contributed by atoms with Gasteiger partial charge in [-0.15, -0.1) is 0 Å². The summed E-state index contributed by atoms with van der Waals surface area (Å²) in [7, 11) is 0. The molecule has 1 aliphatic rings. The summed E-state index contributed by atoms with van der Waals surface area (Å²) in [4.78, 5) is 4.37. The second kappa shape index (κ2) is 6.89. The van der Waals surface area contributed by atoms with E-state index in [2.05, 4.69) is 17.3 Å². The van der Waals surface area contributed by atoms with Crippen molar-refractivity contribution in [2.75, 3.05) is 0 Å². The number of pyridine rings is 1. The number of hydrazine groups is 1. The summed E-state index contributed by atoms with van der Waals surface area (Å²) in [5, 5.41) is 1.15. The first kappa shape index (κ1) is 15.0. The molecular formula is C14H21Cl2N3. The van der Waals surface area contributed by atoms with Gasteiger partial charge in [-0.25, -0.2) is 0 Å². The highest BCUT2D eigenvalue weighted by atomic mass is 35.5. The minimum Gasteiger partial charge on any atom is -0.271 e. The molecule has 3 atom stereocenters. The van der Waals surface area contributed by atoms with Crippen LogP contribution in [0.25, 0.3) is 0 Å². The smallest absolute Gasteiger partial charge is 0.0776 e. The molecule has 0 aliphatic heterocycles. The summed E-state index contributed by atoms with van der Waals surface area (Å²) in [5.41, 5.74) is 3.72. The maximum atomic E-state index is 6.25. The molecule has 0 saturated heterocycles. The number of nitrogens with zero attached hydrogens (tertiary/aromatic N) is 1. The van der Waals surface area contributed by atoms with Crippen LogP contribution in [0, 0.1) is 11.8 Å². The fraction of sp³-hybridized carbons (Fsp3) is 0.643. The lowest BCUT2D eigenvalue weighted by Gasteiger charge is -2.34. The van der Waals surface area contributed by atoms with Gasteiger partial charge in [0.15, 0.2) is 0 Å². The van der Waals surface area contributed by atoms with Crippen molar-refractivity contribution in [2.24, 2.45) is 17.7 Å². The Bertz CT molecular complexity index is 425. The average molecular weight is 302 g/mol. The molecule has 0 spiro atoms. The van der Waals surface area contributed by atoms with E-state index in [1.54, 1.807) is 12.3 Å². The molecule has 2 rings (SSSR count). The van der Waals surface area contributed by atoms with E-state index in [4.69, 9.17) is 29.0 Å². The molecule has 1 aliphatic carbocycles. The minimum absolute atomic E-state index is 0.0131. The van der Waals surface area contributed by atoms with Crippen molar-refractivity contribution in [3.05, 3.63) is 28.0 Å². The lowest BCUT2D eigenvalue weighted by molar-refractivity contribution is 0.207. The van der Waals surface area contributed by atoms with Crippen LogP contribution in [0.5, 0.6) is 0 Å². The van der Waals surface area contributed by atoms with Crippen molar-refractivity contribution >= 4 is 23.2 Å². The molecule has 19 heavy (non-hydrogen) atoms. The summed E-state index contributed by atoms with van der Waals surface area (Å²) >= 11 is 12.1. The first-order chi connectivity index (χ1) is 9.15. The molecule has 1 heterocycles. The van der Waals surface area contributed by atoms with E-state index in [1.807, 2.05) is 0 Å². The van der Waals surface area contributed by atoms with Crippen LogP contribution >= 0.6 is 23.2 Å². The van der Waals surface area contributed by atoms with Gasteiger partial charge in [-0.05, 0) is 30.7 Å². The van der Waals surface area contributed by atoms with Crippen LogP contribution in [-0.4, -0.2) is 4.98 Å². The molecule has 1 fully saturated rings. The van der Waals surface area contributed by atoms with Crippen LogP contribution in [-0.2, 0) is 0 Å². The van der Waals surface area contributed by atoms with Crippen molar-refractivity contribution in [3.63, 3.8) is 0 Å². The Morgan fingerprint density at radius 1 is 1.47 bits per heavy atom. The molecule has 3 unspecified atom stereocenters. The van der Waals surface area contributed by atoms with E-state index < -0.39 is 0 Å². The number of aromatic nitrogens is 1. The summed E-state index contributed by atoms with van der Waals surface area (Å²) in [5.74, 6) is 7.04. The Hall–Kier alpha value is -0.350. The molecular weight excluding hydrogens is 281 g/mol. The number of hydrogen-bond donors (Lipinski definition) is 2. The SMILES string of the molecule is CCC1CCCC(C(NN)c2ncc(Cl)cc2Cl)C1. The van der Waals surface area contributed by atoms with Crippen LogP contribution in [0.1, 0.15) is 50.8 Å². The highest BCUT2D eigenvalue weighted by molar-refractivity contribution is 6.34. The summed E-state index contributed by atoms with van der Waals surface area (Å²) in [6.45, 7) is 2.26. The molecule has 1 saturated carbocycles. The molecule has 3 N–H and O–H groups in total. The van der Waals surface area contributed by atoms with E-state index in [1.165, 1.54) is 32.1 Å². The van der Waals surface area contributed by atoms with Gasteiger partial charge in [-0.3, -0.25) is 16.3 Å². The lowest BCUT2D eigenvalue weighted by Crippen LogP contribution is -2.36. The average Bonchev–Trinajstić information content (AvgIpc) is 2.42. The summed E-state index contributed by atoms with van der Waals surface area (Å²) < 4.78 is 0. The predicted molar refractivity (Wildman–Crippen MR) is 80.1 cm³/mol. The third-order valence-corrected chi connectivity index (χ3v) is 4.69. The number of hydrogen-bond acceptors (Lipinski definition) is 3. The number of halogens is 2. The largest absolute Gasteiger partial charge is 0.271 e. The van der Waals surface area contributed by atoms with Crippen LogP contribution in [0.2, 0.25) is 10.0 Å². The zero-order valence-electron chi connectivity index (χ0n) is 11.2. The van der Waals surface area contributed by atoms with Gasteiger partial charge in [-0.1, -0.05) is 49.4 Å². The maximum absolute atomic E-state index is 6.25. The minimum atomic E-state index is 0.0131. The normalized spacial score (nSPS) is 25.3. The highest BCUT2D eigenvalue weighted by Crippen LogP contribution is 2.39. The Kier molecular flexibility index (Phi) is 5.46. The second-order valence-electron chi connectivity index (χ2n) is 5.37. The molecule has 3 nitrogen and oxygen atoms in total. The van der Waals surface area contributed by atoms with Crippen LogP contribution in [0.3, 0.4) is 0 Å². The van der Waals surface area contributed by atoms with Gasteiger partial charge >= 0.3 is 0 Å². The number of nitrogens with two attached hydrogens (primary N) is 1. The van der Waals surface area contributed by atoms with Gasteiger partial charge in [0.05, 0.1) is 21.8 Å². The second-order valence-corrected chi connectivity index (χ2v) is 6.21. The maximum Gasteiger partial charge on any atom is 0.0776 e. The van der Waals surface area contributed by atoms with E-state index in [9.17, 15) is 0 Å². The van der Waals surface area contributed by atoms with Gasteiger partial charge < -0.3 is 0 Å². The number of rotatable bonds is 4. The first-order valence-corrected chi connectivity index (χ1v) is 7.68. The third kappa shape index (κ3) is 3.60. The third-order valence-electron chi connectivity index (χ3n) is 4.18. The van der Waals surface area contributed by atoms with E-state index >= 15 is 0 Å². The van der Waals surface area contributed by atoms with Crippen molar-refractivity contribution < 1.29 is 0 Å². The molecule has 0 bridgehead atoms. The van der Waals surface area contributed by atoms with Crippen molar-refractivity contribution in [3.8, 4) is 0 Å². The zero-order chi connectivity index (χ0) is 13.8. The van der Waals surface area contributed by atoms with Crippen molar-refractivity contribution in [1.82, 2.24) is 10.4 Å². The molecule has 1 aromatic rings. The fourth-order valence-corrected chi connectivity index (χ4v) is 3.60. The Labute approximate surface area is 124 Å². The van der Waals surface area contributed by atoms with Crippen LogP contribution in [0.4, 0.5) is 0 Å². The molecule has 0 radical (unpaired) electrons. The van der Waals surface area contributed by atoms with E-state index in [-0.39, 0.29) is 6.04 Å². The number of nitrogens with one attached hydrogen (secondary N) is 1. The molecule has 106 valence electrons. The Balaban J connectivity index is 2.19. The van der Waals surface area contributed by atoms with Crippen LogP contribution in [0.15, 0.2) is 12.3 Å². The lowest BCUT2D eigenvalue weighted by atomic mass is 9.76. The summed E-state index contributed by atoms with van der Waals surface area (Å²) in [6.07, 6.45) is 7.81. The van der Waals surface area contributed by atoms with Gasteiger partial charge in [0.2, 0.25) is 0 Å². The van der Waals surface area contributed by atoms with Gasteiger partial charge in [-0.2, -0.15) is 0 Å². The fourth-order valence-electron chi connectivity index (χ4n) is 3.10. The quantitative estimate of drug-likeness (QED) is 0.650. The Morgan fingerprint density at radius 3 is 2.89 bits per heavy atom. The molecule has 0 aromatic carbocycles. The first-order valence-electron chi connectivity index (χ1n) is 6.92. The highest BCUT2D eigenvalue weighted by Gasteiger charge is 2.30. The van der Waals surface area contributed by atoms with Gasteiger partial charge in [0.1, 0.15) is 0 Å². The monoisotopic (exact) mass is 301 g/mol. The topological polar surface area (TPSA) is 50.9 Å². The van der Waals surface area contributed by atoms with Gasteiger partial charge in [0, 0.05) is 6.20 Å². The zero-order valence-corrected chi connectivity index (χ0v) is 12.7. The van der Waals surface area contributed by atoms with Crippen LogP contribution < -0.4 is 11.3 Å². The van der Waals surface area contributed by atoms with E-state index in [0.29, 0.717) is 16.0 Å². The predicted octanol–water partition coefficient (Wildman–Crippen LogP) is 4.11. The van der Waals surface area contributed by atoms with Gasteiger partial charge in [0.25, 0.3) is 0 Å².